The average Bonchev–Trinajstić information content (AvgIpc) is 2.05. The van der Waals surface area contributed by atoms with Crippen LogP contribution >= 0.6 is 0 Å². The highest BCUT2D eigenvalue weighted by Gasteiger charge is 2.23. The topological polar surface area (TPSA) is 41.7 Å². The number of hydrogen-bond donors (Lipinski definition) is 2. The summed E-state index contributed by atoms with van der Waals surface area (Å²) in [5.41, 5.74) is 0. The van der Waals surface area contributed by atoms with Crippen LogP contribution in [0.25, 0.3) is 0 Å². The van der Waals surface area contributed by atoms with E-state index >= 15 is 0 Å². The van der Waals surface area contributed by atoms with Crippen LogP contribution in [0.15, 0.2) is 38.0 Å². The highest BCUT2D eigenvalue weighted by atomic mass is 16.4. The molecule has 0 aliphatic carbocycles. The van der Waals surface area contributed by atoms with Gasteiger partial charge in [-0.05, 0) is 18.2 Å². The van der Waals surface area contributed by atoms with Crippen molar-refractivity contribution in [2.45, 2.75) is 6.04 Å². The molecule has 3 heteroatoms. The van der Waals surface area contributed by atoms with Crippen LogP contribution < -0.4 is 4.90 Å². The van der Waals surface area contributed by atoms with Crippen LogP contribution in [0.3, 0.4) is 0 Å². The molecule has 0 rings (SSSR count). The van der Waals surface area contributed by atoms with E-state index in [1.165, 1.54) is 6.08 Å². The van der Waals surface area contributed by atoms with E-state index in [1.807, 2.05) is 0 Å². The first-order valence-electron chi connectivity index (χ1n) is 4.09. The summed E-state index contributed by atoms with van der Waals surface area (Å²) in [5.74, 6) is -0.867. The highest BCUT2D eigenvalue weighted by Crippen LogP contribution is 1.79. The van der Waals surface area contributed by atoms with Gasteiger partial charge in [0.2, 0.25) is 6.04 Å². The summed E-state index contributed by atoms with van der Waals surface area (Å²) in [6.45, 7) is 11.8. The number of quaternary nitrogens is 1. The smallest absolute Gasteiger partial charge is 0.366 e. The fourth-order valence-corrected chi connectivity index (χ4v) is 1.15. The van der Waals surface area contributed by atoms with E-state index in [9.17, 15) is 4.79 Å². The lowest BCUT2D eigenvalue weighted by Gasteiger charge is -2.20. The normalized spacial score (nSPS) is 12.1. The van der Waals surface area contributed by atoms with Gasteiger partial charge < -0.3 is 10.0 Å². The fourth-order valence-electron chi connectivity index (χ4n) is 1.15. The van der Waals surface area contributed by atoms with E-state index < -0.39 is 12.0 Å². The first kappa shape index (κ1) is 11.6. The zero-order valence-corrected chi connectivity index (χ0v) is 7.70. The van der Waals surface area contributed by atoms with Gasteiger partial charge in [0.25, 0.3) is 0 Å². The number of carbonyl (C=O) groups is 1. The van der Waals surface area contributed by atoms with Gasteiger partial charge in [-0.25, -0.2) is 4.79 Å². The van der Waals surface area contributed by atoms with Gasteiger partial charge >= 0.3 is 5.97 Å². The molecule has 0 bridgehead atoms. The Hall–Kier alpha value is -1.35. The van der Waals surface area contributed by atoms with Crippen molar-refractivity contribution in [2.75, 3.05) is 13.1 Å². The summed E-state index contributed by atoms with van der Waals surface area (Å²) in [6.07, 6.45) is 4.82. The van der Waals surface area contributed by atoms with Crippen molar-refractivity contribution in [1.29, 1.82) is 0 Å². The molecule has 1 unspecified atom stereocenters. The highest BCUT2D eigenvalue weighted by molar-refractivity contribution is 5.73. The lowest BCUT2D eigenvalue weighted by atomic mass is 10.2. The molecular weight excluding hydrogens is 166 g/mol. The van der Waals surface area contributed by atoms with Gasteiger partial charge in [-0.15, -0.1) is 0 Å². The maximum atomic E-state index is 10.8. The Morgan fingerprint density at radius 1 is 1.31 bits per heavy atom. The molecule has 0 aromatic rings. The van der Waals surface area contributed by atoms with Gasteiger partial charge in [0.05, 0.1) is 13.1 Å². The first-order valence-corrected chi connectivity index (χ1v) is 4.09. The van der Waals surface area contributed by atoms with Gasteiger partial charge in [-0.2, -0.15) is 0 Å². The maximum absolute atomic E-state index is 10.8. The van der Waals surface area contributed by atoms with Crippen molar-refractivity contribution >= 4 is 5.97 Å². The van der Waals surface area contributed by atoms with E-state index in [4.69, 9.17) is 5.11 Å². The second-order valence-corrected chi connectivity index (χ2v) is 2.70. The SMILES string of the molecule is C=CC[NH+](CC=C)C(C=C)C(=O)O. The molecule has 1 atom stereocenters. The lowest BCUT2D eigenvalue weighted by Crippen LogP contribution is -3.16. The molecule has 72 valence electrons. The largest absolute Gasteiger partial charge is 0.477 e. The molecule has 0 spiro atoms. The lowest BCUT2D eigenvalue weighted by molar-refractivity contribution is -0.898. The molecule has 0 aromatic carbocycles. The van der Waals surface area contributed by atoms with Gasteiger partial charge in [0.15, 0.2) is 0 Å². The Labute approximate surface area is 78.7 Å². The zero-order chi connectivity index (χ0) is 10.3. The summed E-state index contributed by atoms with van der Waals surface area (Å²) in [7, 11) is 0. The third-order valence-corrected chi connectivity index (χ3v) is 1.75. The molecular formula is C10H16NO2+. The van der Waals surface area contributed by atoms with E-state index in [0.29, 0.717) is 13.1 Å². The predicted molar refractivity (Wildman–Crippen MR) is 52.7 cm³/mol. The van der Waals surface area contributed by atoms with Crippen LogP contribution in [-0.4, -0.2) is 30.2 Å². The van der Waals surface area contributed by atoms with Crippen LogP contribution in [0.2, 0.25) is 0 Å². The number of aliphatic carboxylic acids is 1. The van der Waals surface area contributed by atoms with Crippen molar-refractivity contribution in [3.05, 3.63) is 38.0 Å². The minimum Gasteiger partial charge on any atom is -0.477 e. The molecule has 0 radical (unpaired) electrons. The zero-order valence-electron chi connectivity index (χ0n) is 7.70. The van der Waals surface area contributed by atoms with Gasteiger partial charge in [0.1, 0.15) is 0 Å². The molecule has 0 saturated carbocycles. The first-order chi connectivity index (χ1) is 6.17. The molecule has 0 aromatic heterocycles. The molecule has 3 nitrogen and oxygen atoms in total. The molecule has 0 heterocycles. The number of hydrogen-bond acceptors (Lipinski definition) is 1. The van der Waals surface area contributed by atoms with Gasteiger partial charge in [0, 0.05) is 0 Å². The van der Waals surface area contributed by atoms with E-state index in [-0.39, 0.29) is 0 Å². The number of rotatable bonds is 7. The second-order valence-electron chi connectivity index (χ2n) is 2.70. The molecule has 0 aliphatic rings. The van der Waals surface area contributed by atoms with Crippen LogP contribution in [0.1, 0.15) is 0 Å². The van der Waals surface area contributed by atoms with E-state index in [2.05, 4.69) is 19.7 Å². The number of carboxylic acid groups (broad SMARTS) is 1. The molecule has 13 heavy (non-hydrogen) atoms. The van der Waals surface area contributed by atoms with Crippen LogP contribution in [0.4, 0.5) is 0 Å². The Morgan fingerprint density at radius 2 is 1.77 bits per heavy atom. The molecule has 0 amide bonds. The van der Waals surface area contributed by atoms with Crippen LogP contribution in [0.5, 0.6) is 0 Å². The maximum Gasteiger partial charge on any atom is 0.366 e. The Bertz CT molecular complexity index is 201. The van der Waals surface area contributed by atoms with Crippen LogP contribution in [0, 0.1) is 0 Å². The second kappa shape index (κ2) is 6.20. The number of nitrogens with one attached hydrogen (secondary N) is 1. The Balaban J connectivity index is 4.45. The molecule has 0 saturated heterocycles. The van der Waals surface area contributed by atoms with Crippen molar-refractivity contribution in [3.63, 3.8) is 0 Å². The van der Waals surface area contributed by atoms with Crippen molar-refractivity contribution in [3.8, 4) is 0 Å². The minimum atomic E-state index is -0.867. The summed E-state index contributed by atoms with van der Waals surface area (Å²) < 4.78 is 0. The monoisotopic (exact) mass is 182 g/mol. The summed E-state index contributed by atoms with van der Waals surface area (Å²) >= 11 is 0. The quantitative estimate of drug-likeness (QED) is 0.539. The minimum absolute atomic E-state index is 0.587. The van der Waals surface area contributed by atoms with E-state index in [0.717, 1.165) is 4.90 Å². The van der Waals surface area contributed by atoms with Gasteiger partial charge in [-0.3, -0.25) is 0 Å². The number of carboxylic acids is 1. The van der Waals surface area contributed by atoms with Crippen LogP contribution in [-0.2, 0) is 4.79 Å². The third-order valence-electron chi connectivity index (χ3n) is 1.75. The molecule has 0 aliphatic heterocycles. The summed E-state index contributed by atoms with van der Waals surface area (Å²) in [6, 6.07) is -0.587. The van der Waals surface area contributed by atoms with E-state index in [1.54, 1.807) is 12.2 Å². The third kappa shape index (κ3) is 3.71. The molecule has 0 fully saturated rings. The Morgan fingerprint density at radius 3 is 2.00 bits per heavy atom. The molecule has 2 N–H and O–H groups in total. The summed E-state index contributed by atoms with van der Waals surface area (Å²) in [4.78, 5) is 11.6. The van der Waals surface area contributed by atoms with Crippen molar-refractivity contribution in [2.24, 2.45) is 0 Å². The van der Waals surface area contributed by atoms with Crippen molar-refractivity contribution < 1.29 is 14.8 Å². The van der Waals surface area contributed by atoms with Crippen molar-refractivity contribution in [1.82, 2.24) is 0 Å². The predicted octanol–water partition coefficient (Wildman–Crippen LogP) is -0.117. The van der Waals surface area contributed by atoms with Gasteiger partial charge in [-0.1, -0.05) is 19.7 Å². The average molecular weight is 182 g/mol. The Kier molecular flexibility index (Phi) is 5.55. The fraction of sp³-hybridized carbons (Fsp3) is 0.300. The summed E-state index contributed by atoms with van der Waals surface area (Å²) in [5, 5.41) is 8.84. The standard InChI is InChI=1S/C10H15NO2/c1-4-7-11(8-5-2)9(6-3)10(12)13/h4-6,9H,1-3,7-8H2,(H,12,13)/p+1.